The van der Waals surface area contributed by atoms with E-state index < -0.39 is 4.92 Å². The minimum atomic E-state index is -0.491. The summed E-state index contributed by atoms with van der Waals surface area (Å²) in [4.78, 5) is 13.7. The second-order valence-corrected chi connectivity index (χ2v) is 2.93. The summed E-state index contributed by atoms with van der Waals surface area (Å²) in [6.45, 7) is 3.42. The van der Waals surface area contributed by atoms with Crippen molar-refractivity contribution in [1.29, 1.82) is 0 Å². The monoisotopic (exact) mass is 228 g/mol. The Hall–Kier alpha value is -1.23. The first-order chi connectivity index (χ1) is 5.65. The van der Waals surface area contributed by atoms with E-state index in [0.29, 0.717) is 4.47 Å². The lowest BCUT2D eigenvalue weighted by molar-refractivity contribution is -0.385. The molecular weight excluding hydrogens is 224 g/mol. The van der Waals surface area contributed by atoms with E-state index in [-0.39, 0.29) is 11.4 Å². The van der Waals surface area contributed by atoms with Gasteiger partial charge in [0, 0.05) is 16.7 Å². The molecule has 0 aromatic carbocycles. The molecule has 0 atom stereocenters. The second-order valence-electron chi connectivity index (χ2n) is 2.02. The first-order valence-electron chi connectivity index (χ1n) is 3.07. The van der Waals surface area contributed by atoms with E-state index in [9.17, 15) is 10.1 Å². The van der Waals surface area contributed by atoms with Crippen molar-refractivity contribution in [1.82, 2.24) is 4.98 Å². The van der Waals surface area contributed by atoms with Gasteiger partial charge in [0.25, 0.3) is 5.69 Å². The maximum atomic E-state index is 10.4. The molecule has 0 aliphatic carbocycles. The highest BCUT2D eigenvalue weighted by Gasteiger charge is 2.12. The highest BCUT2D eigenvalue weighted by atomic mass is 79.9. The van der Waals surface area contributed by atoms with E-state index in [1.165, 1.54) is 18.3 Å². The molecule has 1 rings (SSSR count). The summed E-state index contributed by atoms with van der Waals surface area (Å²) in [5.41, 5.74) is 0.238. The number of halogens is 1. The van der Waals surface area contributed by atoms with Gasteiger partial charge in [-0.05, 0) is 22.0 Å². The molecule has 0 fully saturated rings. The van der Waals surface area contributed by atoms with Crippen LogP contribution in [0.3, 0.4) is 0 Å². The Balaban J connectivity index is 3.30. The highest BCUT2D eigenvalue weighted by Crippen LogP contribution is 2.21. The second kappa shape index (κ2) is 3.44. The van der Waals surface area contributed by atoms with Gasteiger partial charge in [0.15, 0.2) is 0 Å². The molecular formula is C7H5BrN2O2. The zero-order chi connectivity index (χ0) is 9.14. The van der Waals surface area contributed by atoms with E-state index in [1.54, 1.807) is 0 Å². The van der Waals surface area contributed by atoms with Crippen LogP contribution in [0, 0.1) is 10.1 Å². The molecule has 0 spiro atoms. The third-order valence-electron chi connectivity index (χ3n) is 1.25. The standard InChI is InChI=1S/C7H5BrN2O2/c1-2-6-7(10(11)12)3-5(8)4-9-6/h2-4H,1H2. The normalized spacial score (nSPS) is 9.42. The van der Waals surface area contributed by atoms with Crippen molar-refractivity contribution < 1.29 is 4.92 Å². The van der Waals surface area contributed by atoms with Gasteiger partial charge in [-0.3, -0.25) is 10.1 Å². The van der Waals surface area contributed by atoms with Gasteiger partial charge >= 0.3 is 0 Å². The number of rotatable bonds is 2. The number of hydrogen-bond acceptors (Lipinski definition) is 3. The fraction of sp³-hybridized carbons (Fsp3) is 0. The van der Waals surface area contributed by atoms with Crippen LogP contribution in [0.5, 0.6) is 0 Å². The molecule has 1 aromatic rings. The number of aromatic nitrogens is 1. The van der Waals surface area contributed by atoms with Gasteiger partial charge in [-0.2, -0.15) is 0 Å². The van der Waals surface area contributed by atoms with Crippen LogP contribution in [0.15, 0.2) is 23.3 Å². The molecule has 62 valence electrons. The van der Waals surface area contributed by atoms with E-state index in [1.807, 2.05) is 0 Å². The van der Waals surface area contributed by atoms with Crippen molar-refractivity contribution in [3.8, 4) is 0 Å². The van der Waals surface area contributed by atoms with E-state index >= 15 is 0 Å². The van der Waals surface area contributed by atoms with Crippen molar-refractivity contribution in [2.75, 3.05) is 0 Å². The number of nitro groups is 1. The molecule has 0 saturated heterocycles. The Morgan fingerprint density at radius 1 is 1.75 bits per heavy atom. The molecule has 5 heteroatoms. The van der Waals surface area contributed by atoms with Gasteiger partial charge in [-0.25, -0.2) is 4.98 Å². The number of pyridine rings is 1. The van der Waals surface area contributed by atoms with E-state index in [2.05, 4.69) is 27.5 Å². The lowest BCUT2D eigenvalue weighted by Gasteiger charge is -1.95. The average molecular weight is 229 g/mol. The molecule has 0 N–H and O–H groups in total. The summed E-state index contributed by atoms with van der Waals surface area (Å²) >= 11 is 3.09. The molecule has 0 unspecified atom stereocenters. The van der Waals surface area contributed by atoms with Crippen molar-refractivity contribution >= 4 is 27.7 Å². The molecule has 0 amide bonds. The Labute approximate surface area is 77.2 Å². The largest absolute Gasteiger partial charge is 0.295 e. The molecule has 0 aliphatic rings. The van der Waals surface area contributed by atoms with Gasteiger partial charge in [-0.15, -0.1) is 0 Å². The summed E-state index contributed by atoms with van der Waals surface area (Å²) < 4.78 is 0.583. The summed E-state index contributed by atoms with van der Waals surface area (Å²) in [5, 5.41) is 10.4. The molecule has 4 nitrogen and oxygen atoms in total. The SMILES string of the molecule is C=Cc1ncc(Br)cc1[N+](=O)[O-]. The van der Waals surface area contributed by atoms with Crippen molar-refractivity contribution in [2.45, 2.75) is 0 Å². The van der Waals surface area contributed by atoms with Crippen LogP contribution in [0.4, 0.5) is 5.69 Å². The topological polar surface area (TPSA) is 56.0 Å². The van der Waals surface area contributed by atoms with E-state index in [4.69, 9.17) is 0 Å². The van der Waals surface area contributed by atoms with Gasteiger partial charge in [0.2, 0.25) is 0 Å². The Morgan fingerprint density at radius 3 is 2.92 bits per heavy atom. The summed E-state index contributed by atoms with van der Waals surface area (Å²) in [5.74, 6) is 0. The fourth-order valence-corrected chi connectivity index (χ4v) is 1.06. The first-order valence-corrected chi connectivity index (χ1v) is 3.87. The van der Waals surface area contributed by atoms with Crippen LogP contribution < -0.4 is 0 Å². The minimum absolute atomic E-state index is 0.0422. The third kappa shape index (κ3) is 1.68. The lowest BCUT2D eigenvalue weighted by atomic mass is 10.3. The highest BCUT2D eigenvalue weighted by molar-refractivity contribution is 9.10. The van der Waals surface area contributed by atoms with Gasteiger partial charge in [-0.1, -0.05) is 6.58 Å². The summed E-state index contributed by atoms with van der Waals surface area (Å²) in [6, 6.07) is 1.39. The zero-order valence-electron chi connectivity index (χ0n) is 6.03. The van der Waals surface area contributed by atoms with Crippen LogP contribution in [-0.4, -0.2) is 9.91 Å². The van der Waals surface area contributed by atoms with Crippen LogP contribution in [-0.2, 0) is 0 Å². The molecule has 1 aromatic heterocycles. The molecule has 0 bridgehead atoms. The van der Waals surface area contributed by atoms with Gasteiger partial charge < -0.3 is 0 Å². The number of nitrogens with zero attached hydrogens (tertiary/aromatic N) is 2. The van der Waals surface area contributed by atoms with Gasteiger partial charge in [0.1, 0.15) is 5.69 Å². The smallest absolute Gasteiger partial charge is 0.258 e. The molecule has 12 heavy (non-hydrogen) atoms. The lowest BCUT2D eigenvalue weighted by Crippen LogP contribution is -1.93. The average Bonchev–Trinajstić information content (AvgIpc) is 2.04. The van der Waals surface area contributed by atoms with Crippen LogP contribution in [0.1, 0.15) is 5.69 Å². The molecule has 0 aliphatic heterocycles. The zero-order valence-corrected chi connectivity index (χ0v) is 7.61. The van der Waals surface area contributed by atoms with Crippen LogP contribution in [0.2, 0.25) is 0 Å². The quantitative estimate of drug-likeness (QED) is 0.577. The van der Waals surface area contributed by atoms with Crippen LogP contribution >= 0.6 is 15.9 Å². The third-order valence-corrected chi connectivity index (χ3v) is 1.69. The molecule has 1 heterocycles. The molecule has 0 saturated carbocycles. The summed E-state index contributed by atoms with van der Waals surface area (Å²) in [6.07, 6.45) is 2.84. The van der Waals surface area contributed by atoms with Crippen LogP contribution in [0.25, 0.3) is 6.08 Å². The van der Waals surface area contributed by atoms with Crippen molar-refractivity contribution in [3.63, 3.8) is 0 Å². The Kier molecular flexibility index (Phi) is 2.54. The predicted molar refractivity (Wildman–Crippen MR) is 48.7 cm³/mol. The minimum Gasteiger partial charge on any atom is -0.258 e. The van der Waals surface area contributed by atoms with Gasteiger partial charge in [0.05, 0.1) is 4.92 Å². The number of hydrogen-bond donors (Lipinski definition) is 0. The Morgan fingerprint density at radius 2 is 2.42 bits per heavy atom. The summed E-state index contributed by atoms with van der Waals surface area (Å²) in [7, 11) is 0. The molecule has 0 radical (unpaired) electrons. The van der Waals surface area contributed by atoms with E-state index in [0.717, 1.165) is 0 Å². The first kappa shape index (κ1) is 8.86. The Bertz CT molecular complexity index is 338. The maximum Gasteiger partial charge on any atom is 0.295 e. The predicted octanol–water partition coefficient (Wildman–Crippen LogP) is 2.40. The maximum absolute atomic E-state index is 10.4. The van der Waals surface area contributed by atoms with Crippen molar-refractivity contribution in [3.05, 3.63) is 39.1 Å². The van der Waals surface area contributed by atoms with Crippen molar-refractivity contribution in [2.24, 2.45) is 0 Å². The fourth-order valence-electron chi connectivity index (χ4n) is 0.743.